The average molecular weight is 256 g/mol. The van der Waals surface area contributed by atoms with Gasteiger partial charge in [-0.15, -0.1) is 0 Å². The van der Waals surface area contributed by atoms with Crippen LogP contribution in [0.1, 0.15) is 17.3 Å². The molecule has 2 heterocycles. The molecule has 3 rings (SSSR count). The highest BCUT2D eigenvalue weighted by Crippen LogP contribution is 2.29. The van der Waals surface area contributed by atoms with E-state index in [9.17, 15) is 9.90 Å². The summed E-state index contributed by atoms with van der Waals surface area (Å²) in [5.74, 6) is -0.527. The lowest BCUT2D eigenvalue weighted by Gasteiger charge is -1.92. The SMILES string of the molecule is CCn1cc(C(=O)O)c(-c2cc3ccccc3o2)n1. The summed E-state index contributed by atoms with van der Waals surface area (Å²) in [6.07, 6.45) is 1.52. The van der Waals surface area contributed by atoms with Crippen molar-refractivity contribution in [2.24, 2.45) is 0 Å². The van der Waals surface area contributed by atoms with Crippen molar-refractivity contribution in [1.29, 1.82) is 0 Å². The fourth-order valence-electron chi connectivity index (χ4n) is 2.02. The van der Waals surface area contributed by atoms with Gasteiger partial charge in [0.25, 0.3) is 0 Å². The number of para-hydroxylation sites is 1. The van der Waals surface area contributed by atoms with Gasteiger partial charge in [-0.25, -0.2) is 4.79 Å². The van der Waals surface area contributed by atoms with Crippen LogP contribution < -0.4 is 0 Å². The van der Waals surface area contributed by atoms with Gasteiger partial charge in [0.2, 0.25) is 0 Å². The summed E-state index contributed by atoms with van der Waals surface area (Å²) in [6, 6.07) is 9.35. The van der Waals surface area contributed by atoms with Crippen LogP contribution in [0.15, 0.2) is 40.9 Å². The van der Waals surface area contributed by atoms with E-state index in [0.717, 1.165) is 11.0 Å². The summed E-state index contributed by atoms with van der Waals surface area (Å²) >= 11 is 0. The number of fused-ring (bicyclic) bond motifs is 1. The smallest absolute Gasteiger partial charge is 0.339 e. The van der Waals surface area contributed by atoms with Gasteiger partial charge in [-0.05, 0) is 19.1 Å². The molecule has 3 aromatic rings. The molecule has 1 N–H and O–H groups in total. The number of hydrogen-bond acceptors (Lipinski definition) is 3. The van der Waals surface area contributed by atoms with Crippen LogP contribution >= 0.6 is 0 Å². The Morgan fingerprint density at radius 3 is 2.89 bits per heavy atom. The van der Waals surface area contributed by atoms with Crippen molar-refractivity contribution in [3.05, 3.63) is 42.1 Å². The van der Waals surface area contributed by atoms with Gasteiger partial charge in [0.05, 0.1) is 0 Å². The zero-order valence-corrected chi connectivity index (χ0v) is 10.3. The highest BCUT2D eigenvalue weighted by molar-refractivity contribution is 5.95. The molecule has 0 saturated heterocycles. The summed E-state index contributed by atoms with van der Waals surface area (Å²) in [7, 11) is 0. The lowest BCUT2D eigenvalue weighted by Crippen LogP contribution is -1.96. The maximum atomic E-state index is 11.2. The van der Waals surface area contributed by atoms with E-state index >= 15 is 0 Å². The fraction of sp³-hybridized carbons (Fsp3) is 0.143. The van der Waals surface area contributed by atoms with Crippen molar-refractivity contribution >= 4 is 16.9 Å². The molecule has 0 aliphatic carbocycles. The topological polar surface area (TPSA) is 68.3 Å². The highest BCUT2D eigenvalue weighted by atomic mass is 16.4. The van der Waals surface area contributed by atoms with Crippen LogP contribution in [0.3, 0.4) is 0 Å². The van der Waals surface area contributed by atoms with Gasteiger partial charge in [0.1, 0.15) is 16.8 Å². The number of nitrogens with zero attached hydrogens (tertiary/aromatic N) is 2. The molecule has 0 unspecified atom stereocenters. The quantitative estimate of drug-likeness (QED) is 0.782. The van der Waals surface area contributed by atoms with E-state index < -0.39 is 5.97 Å². The molecule has 0 saturated carbocycles. The molecule has 96 valence electrons. The lowest BCUT2D eigenvalue weighted by molar-refractivity contribution is 0.0697. The number of benzene rings is 1. The molecule has 1 aromatic carbocycles. The Labute approximate surface area is 109 Å². The molecular weight excluding hydrogens is 244 g/mol. The van der Waals surface area contributed by atoms with Crippen molar-refractivity contribution in [3.63, 3.8) is 0 Å². The van der Waals surface area contributed by atoms with Crippen molar-refractivity contribution in [2.75, 3.05) is 0 Å². The van der Waals surface area contributed by atoms with Gasteiger partial charge >= 0.3 is 5.97 Å². The predicted octanol–water partition coefficient (Wildman–Crippen LogP) is 3.01. The van der Waals surface area contributed by atoms with E-state index in [1.165, 1.54) is 6.20 Å². The Kier molecular flexibility index (Phi) is 2.59. The maximum absolute atomic E-state index is 11.2. The van der Waals surface area contributed by atoms with Gasteiger partial charge in [-0.2, -0.15) is 5.10 Å². The second-order valence-electron chi connectivity index (χ2n) is 4.20. The Morgan fingerprint density at radius 1 is 1.42 bits per heavy atom. The molecule has 0 aliphatic heterocycles. The van der Waals surface area contributed by atoms with Crippen molar-refractivity contribution in [3.8, 4) is 11.5 Å². The number of rotatable bonds is 3. The molecule has 2 aromatic heterocycles. The van der Waals surface area contributed by atoms with Crippen LogP contribution in [0.2, 0.25) is 0 Å². The van der Waals surface area contributed by atoms with Gasteiger partial charge in [0.15, 0.2) is 5.76 Å². The van der Waals surface area contributed by atoms with Crippen molar-refractivity contribution in [1.82, 2.24) is 9.78 Å². The standard InChI is InChI=1S/C14H12N2O3/c1-2-16-8-10(14(17)18)13(15-16)12-7-9-5-3-4-6-11(9)19-12/h3-8H,2H2,1H3,(H,17,18). The van der Waals surface area contributed by atoms with Gasteiger partial charge < -0.3 is 9.52 Å². The molecule has 0 fully saturated rings. The molecular formula is C14H12N2O3. The monoisotopic (exact) mass is 256 g/mol. The number of carboxylic acid groups (broad SMARTS) is 1. The predicted molar refractivity (Wildman–Crippen MR) is 70.1 cm³/mol. The number of hydrogen-bond donors (Lipinski definition) is 1. The van der Waals surface area contributed by atoms with E-state index in [4.69, 9.17) is 4.42 Å². The molecule has 5 heteroatoms. The van der Waals surface area contributed by atoms with Gasteiger partial charge in [0, 0.05) is 18.1 Å². The minimum Gasteiger partial charge on any atom is -0.478 e. The first-order valence-electron chi connectivity index (χ1n) is 5.98. The number of carboxylic acids is 1. The lowest BCUT2D eigenvalue weighted by atomic mass is 10.2. The molecule has 0 bridgehead atoms. The number of aromatic carboxylic acids is 1. The first kappa shape index (κ1) is 11.5. The normalized spacial score (nSPS) is 11.0. The molecule has 5 nitrogen and oxygen atoms in total. The van der Waals surface area contributed by atoms with Crippen LogP contribution in [0.4, 0.5) is 0 Å². The first-order valence-corrected chi connectivity index (χ1v) is 5.98. The Balaban J connectivity index is 2.19. The number of aryl methyl sites for hydroxylation is 1. The molecule has 0 amide bonds. The van der Waals surface area contributed by atoms with Crippen molar-refractivity contribution in [2.45, 2.75) is 13.5 Å². The van der Waals surface area contributed by atoms with Crippen LogP contribution in [-0.2, 0) is 6.54 Å². The largest absolute Gasteiger partial charge is 0.478 e. The minimum absolute atomic E-state index is 0.154. The van der Waals surface area contributed by atoms with E-state index in [-0.39, 0.29) is 5.56 Å². The number of carbonyl (C=O) groups is 1. The third-order valence-corrected chi connectivity index (χ3v) is 2.98. The van der Waals surface area contributed by atoms with E-state index in [2.05, 4.69) is 5.10 Å². The highest BCUT2D eigenvalue weighted by Gasteiger charge is 2.19. The van der Waals surface area contributed by atoms with Gasteiger partial charge in [-0.3, -0.25) is 4.68 Å². The summed E-state index contributed by atoms with van der Waals surface area (Å²) in [5.41, 5.74) is 1.24. The summed E-state index contributed by atoms with van der Waals surface area (Å²) in [4.78, 5) is 11.2. The fourth-order valence-corrected chi connectivity index (χ4v) is 2.02. The van der Waals surface area contributed by atoms with Crippen LogP contribution in [0.25, 0.3) is 22.4 Å². The van der Waals surface area contributed by atoms with E-state index in [1.807, 2.05) is 37.3 Å². The Hall–Kier alpha value is -2.56. The molecule has 0 aliphatic rings. The van der Waals surface area contributed by atoms with Crippen LogP contribution in [0, 0.1) is 0 Å². The summed E-state index contributed by atoms with van der Waals surface area (Å²) in [5, 5.41) is 14.4. The minimum atomic E-state index is -1.00. The Bertz CT molecular complexity index is 722. The zero-order valence-electron chi connectivity index (χ0n) is 10.3. The third-order valence-electron chi connectivity index (χ3n) is 2.98. The molecule has 19 heavy (non-hydrogen) atoms. The summed E-state index contributed by atoms with van der Waals surface area (Å²) in [6.45, 7) is 2.52. The average Bonchev–Trinajstić information content (AvgIpc) is 3.02. The third kappa shape index (κ3) is 1.89. The van der Waals surface area contributed by atoms with Crippen LogP contribution in [0.5, 0.6) is 0 Å². The summed E-state index contributed by atoms with van der Waals surface area (Å²) < 4.78 is 7.25. The first-order chi connectivity index (χ1) is 9.19. The second kappa shape index (κ2) is 4.28. The molecule has 0 spiro atoms. The van der Waals surface area contributed by atoms with E-state index in [0.29, 0.717) is 18.0 Å². The second-order valence-corrected chi connectivity index (χ2v) is 4.20. The maximum Gasteiger partial charge on any atom is 0.339 e. The van der Waals surface area contributed by atoms with Crippen molar-refractivity contribution < 1.29 is 14.3 Å². The molecule has 0 atom stereocenters. The Morgan fingerprint density at radius 2 is 2.21 bits per heavy atom. The zero-order chi connectivity index (χ0) is 13.4. The van der Waals surface area contributed by atoms with E-state index in [1.54, 1.807) is 4.68 Å². The van der Waals surface area contributed by atoms with Gasteiger partial charge in [-0.1, -0.05) is 18.2 Å². The number of furan rings is 1. The molecule has 0 radical (unpaired) electrons. The number of aromatic nitrogens is 2. The van der Waals surface area contributed by atoms with Crippen LogP contribution in [-0.4, -0.2) is 20.9 Å².